The molecule has 0 amide bonds. The van der Waals surface area contributed by atoms with Crippen LogP contribution < -0.4 is 5.73 Å². The van der Waals surface area contributed by atoms with Gasteiger partial charge in [-0.3, -0.25) is 5.10 Å². The van der Waals surface area contributed by atoms with Gasteiger partial charge in [-0.1, -0.05) is 12.1 Å². The van der Waals surface area contributed by atoms with Crippen molar-refractivity contribution in [3.05, 3.63) is 24.3 Å². The summed E-state index contributed by atoms with van der Waals surface area (Å²) in [5.41, 5.74) is 6.25. The van der Waals surface area contributed by atoms with Crippen LogP contribution in [0.2, 0.25) is 0 Å². The summed E-state index contributed by atoms with van der Waals surface area (Å²) in [4.78, 5) is -0.136. The second-order valence-electron chi connectivity index (χ2n) is 3.63. The van der Waals surface area contributed by atoms with Crippen LogP contribution in [0, 0.1) is 0 Å². The maximum atomic E-state index is 11.6. The molecule has 0 aliphatic heterocycles. The number of anilines is 1. The van der Waals surface area contributed by atoms with Crippen LogP contribution in [0.4, 0.5) is 5.82 Å². The molecule has 0 unspecified atom stereocenters. The van der Waals surface area contributed by atoms with Crippen molar-refractivity contribution in [3.63, 3.8) is 0 Å². The number of nitrogen functional groups attached to an aromatic ring is 1. The van der Waals surface area contributed by atoms with Crippen LogP contribution in [0.1, 0.15) is 0 Å². The zero-order valence-electron chi connectivity index (χ0n) is 9.01. The standard InChI is InChI=1S/C10H11N3O3S/c1-17(15,16)10-6(3-2-4-8(10)14)7-5-9(11)13-12-7/h2-5,14H,1H3,(H3,11,12,13). The number of sulfone groups is 1. The molecule has 0 spiro atoms. The van der Waals surface area contributed by atoms with Gasteiger partial charge >= 0.3 is 0 Å². The summed E-state index contributed by atoms with van der Waals surface area (Å²) in [7, 11) is -3.54. The summed E-state index contributed by atoms with van der Waals surface area (Å²) >= 11 is 0. The molecule has 0 fully saturated rings. The molecule has 0 saturated carbocycles. The zero-order valence-corrected chi connectivity index (χ0v) is 9.82. The Bertz CT molecular complexity index is 661. The van der Waals surface area contributed by atoms with E-state index in [2.05, 4.69) is 10.2 Å². The summed E-state index contributed by atoms with van der Waals surface area (Å²) in [6.45, 7) is 0. The van der Waals surface area contributed by atoms with E-state index in [0.717, 1.165) is 6.26 Å². The molecule has 1 aromatic heterocycles. The van der Waals surface area contributed by atoms with Gasteiger partial charge in [-0.25, -0.2) is 8.42 Å². The molecule has 17 heavy (non-hydrogen) atoms. The second kappa shape index (κ2) is 3.77. The lowest BCUT2D eigenvalue weighted by molar-refractivity contribution is 0.459. The molecule has 0 aliphatic rings. The normalized spacial score (nSPS) is 11.6. The van der Waals surface area contributed by atoms with E-state index in [1.165, 1.54) is 12.1 Å². The highest BCUT2D eigenvalue weighted by molar-refractivity contribution is 7.91. The van der Waals surface area contributed by atoms with Crippen molar-refractivity contribution >= 4 is 15.7 Å². The van der Waals surface area contributed by atoms with Crippen molar-refractivity contribution in [2.45, 2.75) is 4.90 Å². The molecule has 2 rings (SSSR count). The van der Waals surface area contributed by atoms with E-state index >= 15 is 0 Å². The molecule has 0 atom stereocenters. The molecule has 0 aliphatic carbocycles. The van der Waals surface area contributed by atoms with Gasteiger partial charge in [0.25, 0.3) is 0 Å². The van der Waals surface area contributed by atoms with Crippen LogP contribution in [0.25, 0.3) is 11.3 Å². The molecular weight excluding hydrogens is 242 g/mol. The lowest BCUT2D eigenvalue weighted by Gasteiger charge is -2.07. The molecule has 4 N–H and O–H groups in total. The SMILES string of the molecule is CS(=O)(=O)c1c(O)cccc1-c1cc(N)n[nH]1. The van der Waals surface area contributed by atoms with Gasteiger partial charge in [-0.05, 0) is 6.07 Å². The van der Waals surface area contributed by atoms with Gasteiger partial charge in [-0.2, -0.15) is 5.10 Å². The van der Waals surface area contributed by atoms with E-state index in [1.807, 2.05) is 0 Å². The highest BCUT2D eigenvalue weighted by Gasteiger charge is 2.20. The minimum absolute atomic E-state index is 0.136. The third kappa shape index (κ3) is 2.09. The van der Waals surface area contributed by atoms with Crippen molar-refractivity contribution in [2.75, 3.05) is 12.0 Å². The number of aromatic amines is 1. The number of aromatic hydroxyl groups is 1. The van der Waals surface area contributed by atoms with Crippen LogP contribution in [0.3, 0.4) is 0 Å². The smallest absolute Gasteiger partial charge is 0.179 e. The Morgan fingerprint density at radius 1 is 1.41 bits per heavy atom. The molecular formula is C10H11N3O3S. The number of phenolic OH excluding ortho intramolecular Hbond substituents is 1. The van der Waals surface area contributed by atoms with Crippen molar-refractivity contribution < 1.29 is 13.5 Å². The number of nitrogens with two attached hydrogens (primary N) is 1. The molecule has 1 heterocycles. The van der Waals surface area contributed by atoms with Crippen molar-refractivity contribution in [1.29, 1.82) is 0 Å². The highest BCUT2D eigenvalue weighted by Crippen LogP contribution is 2.33. The molecule has 0 saturated heterocycles. The monoisotopic (exact) mass is 253 g/mol. The summed E-state index contributed by atoms with van der Waals surface area (Å²) in [5.74, 6) is -0.0408. The molecule has 2 aromatic rings. The Hall–Kier alpha value is -2.02. The number of hydrogen-bond acceptors (Lipinski definition) is 5. The lowest BCUT2D eigenvalue weighted by Crippen LogP contribution is -2.00. The van der Waals surface area contributed by atoms with Gasteiger partial charge in [0.2, 0.25) is 0 Å². The van der Waals surface area contributed by atoms with Crippen molar-refractivity contribution in [3.8, 4) is 17.0 Å². The van der Waals surface area contributed by atoms with E-state index in [4.69, 9.17) is 5.73 Å². The van der Waals surface area contributed by atoms with Crippen LogP contribution in [-0.2, 0) is 9.84 Å². The minimum atomic E-state index is -3.54. The van der Waals surface area contributed by atoms with E-state index in [9.17, 15) is 13.5 Å². The van der Waals surface area contributed by atoms with Gasteiger partial charge < -0.3 is 10.8 Å². The maximum absolute atomic E-state index is 11.6. The summed E-state index contributed by atoms with van der Waals surface area (Å²) in [6, 6.07) is 5.95. The van der Waals surface area contributed by atoms with Gasteiger partial charge in [0.1, 0.15) is 16.5 Å². The van der Waals surface area contributed by atoms with Gasteiger partial charge in [0, 0.05) is 17.9 Å². The van der Waals surface area contributed by atoms with Crippen LogP contribution in [0.15, 0.2) is 29.2 Å². The Kier molecular flexibility index (Phi) is 2.55. The number of rotatable bonds is 2. The number of H-pyrrole nitrogens is 1. The molecule has 7 heteroatoms. The predicted molar refractivity (Wildman–Crippen MR) is 63.2 cm³/mol. The average molecular weight is 253 g/mol. The zero-order chi connectivity index (χ0) is 12.6. The first-order chi connectivity index (χ1) is 7.89. The molecule has 90 valence electrons. The third-order valence-electron chi connectivity index (χ3n) is 2.25. The van der Waals surface area contributed by atoms with Gasteiger partial charge in [0.05, 0.1) is 5.69 Å². The predicted octanol–water partition coefficient (Wildman–Crippen LogP) is 0.768. The van der Waals surface area contributed by atoms with E-state index in [1.54, 1.807) is 12.1 Å². The number of nitrogens with zero attached hydrogens (tertiary/aromatic N) is 1. The first-order valence-corrected chi connectivity index (χ1v) is 6.62. The Morgan fingerprint density at radius 3 is 2.65 bits per heavy atom. The van der Waals surface area contributed by atoms with Crippen LogP contribution >= 0.6 is 0 Å². The number of phenols is 1. The van der Waals surface area contributed by atoms with Crippen LogP contribution in [-0.4, -0.2) is 30.0 Å². The molecule has 6 nitrogen and oxygen atoms in total. The average Bonchev–Trinajstić information content (AvgIpc) is 2.62. The van der Waals surface area contributed by atoms with Gasteiger partial charge in [0.15, 0.2) is 9.84 Å². The minimum Gasteiger partial charge on any atom is -0.507 e. The summed E-state index contributed by atoms with van der Waals surface area (Å²) < 4.78 is 23.3. The van der Waals surface area contributed by atoms with E-state index in [-0.39, 0.29) is 16.5 Å². The number of nitrogens with one attached hydrogen (secondary N) is 1. The fourth-order valence-corrected chi connectivity index (χ4v) is 2.63. The summed E-state index contributed by atoms with van der Waals surface area (Å²) in [6.07, 6.45) is 1.03. The van der Waals surface area contributed by atoms with Crippen molar-refractivity contribution in [1.82, 2.24) is 10.2 Å². The highest BCUT2D eigenvalue weighted by atomic mass is 32.2. The third-order valence-corrected chi connectivity index (χ3v) is 3.42. The second-order valence-corrected chi connectivity index (χ2v) is 5.59. The number of benzene rings is 1. The quantitative estimate of drug-likeness (QED) is 0.732. The molecule has 1 aromatic carbocycles. The number of hydrogen-bond donors (Lipinski definition) is 3. The Labute approximate surface area is 98.0 Å². The topological polar surface area (TPSA) is 109 Å². The Morgan fingerprint density at radius 2 is 2.12 bits per heavy atom. The first-order valence-electron chi connectivity index (χ1n) is 4.73. The van der Waals surface area contributed by atoms with Gasteiger partial charge in [-0.15, -0.1) is 0 Å². The number of aromatic nitrogens is 2. The molecule has 0 bridgehead atoms. The fourth-order valence-electron chi connectivity index (χ4n) is 1.60. The fraction of sp³-hybridized carbons (Fsp3) is 0.100. The lowest BCUT2D eigenvalue weighted by atomic mass is 10.1. The largest absolute Gasteiger partial charge is 0.507 e. The van der Waals surface area contributed by atoms with E-state index < -0.39 is 9.84 Å². The van der Waals surface area contributed by atoms with Crippen molar-refractivity contribution in [2.24, 2.45) is 0 Å². The molecule has 0 radical (unpaired) electrons. The summed E-state index contributed by atoms with van der Waals surface area (Å²) in [5, 5.41) is 16.0. The maximum Gasteiger partial charge on any atom is 0.179 e. The first kappa shape index (κ1) is 11.5. The van der Waals surface area contributed by atoms with Crippen LogP contribution in [0.5, 0.6) is 5.75 Å². The Balaban J connectivity index is 2.75. The van der Waals surface area contributed by atoms with E-state index in [0.29, 0.717) is 11.3 Å².